The van der Waals surface area contributed by atoms with Crippen molar-refractivity contribution in [3.63, 3.8) is 0 Å². The maximum absolute atomic E-state index is 13.2. The van der Waals surface area contributed by atoms with Crippen LogP contribution in [0.5, 0.6) is 5.75 Å². The number of hydrogen-bond acceptors (Lipinski definition) is 3. The molecule has 0 radical (unpaired) electrons. The predicted molar refractivity (Wildman–Crippen MR) is 50.2 cm³/mol. The molecule has 0 atom stereocenters. The number of nitrogens with zero attached hydrogens (tertiary/aromatic N) is 1. The molecule has 80 valence electrons. The molecule has 0 fully saturated rings. The Kier molecular flexibility index (Phi) is 4.01. The van der Waals surface area contributed by atoms with Crippen molar-refractivity contribution < 1.29 is 13.5 Å². The van der Waals surface area contributed by atoms with Gasteiger partial charge in [-0.05, 0) is 25.1 Å². The molecule has 0 aliphatic carbocycles. The van der Waals surface area contributed by atoms with E-state index in [0.717, 1.165) is 12.1 Å². The van der Waals surface area contributed by atoms with Gasteiger partial charge in [0.2, 0.25) is 0 Å². The van der Waals surface area contributed by atoms with Crippen molar-refractivity contribution in [1.82, 2.24) is 0 Å². The van der Waals surface area contributed by atoms with Crippen LogP contribution in [-0.2, 0) is 0 Å². The second-order valence-electron chi connectivity index (χ2n) is 2.87. The van der Waals surface area contributed by atoms with Gasteiger partial charge in [0.1, 0.15) is 0 Å². The van der Waals surface area contributed by atoms with Crippen molar-refractivity contribution in [3.8, 4) is 11.8 Å². The molecule has 0 spiro atoms. The number of benzene rings is 1. The Morgan fingerprint density at radius 1 is 1.33 bits per heavy atom. The van der Waals surface area contributed by atoms with E-state index >= 15 is 0 Å². The molecule has 0 unspecified atom stereocenters. The molecule has 0 amide bonds. The fourth-order valence-electron chi connectivity index (χ4n) is 1.02. The zero-order valence-electron chi connectivity index (χ0n) is 7.96. The minimum Gasteiger partial charge on any atom is -0.488 e. The van der Waals surface area contributed by atoms with Crippen LogP contribution in [0, 0.1) is 23.0 Å². The minimum absolute atomic E-state index is 0.0730. The summed E-state index contributed by atoms with van der Waals surface area (Å²) >= 11 is 0. The number of ether oxygens (including phenoxy) is 1. The molecule has 1 aromatic rings. The van der Waals surface area contributed by atoms with E-state index in [1.165, 1.54) is 0 Å². The Balaban J connectivity index is 2.85. The van der Waals surface area contributed by atoms with Crippen LogP contribution >= 0.6 is 0 Å². The lowest BCUT2D eigenvalue weighted by Crippen LogP contribution is -2.08. The van der Waals surface area contributed by atoms with Crippen molar-refractivity contribution in [2.45, 2.75) is 6.42 Å². The third-order valence-corrected chi connectivity index (χ3v) is 1.72. The van der Waals surface area contributed by atoms with Gasteiger partial charge in [0.05, 0.1) is 18.2 Å². The van der Waals surface area contributed by atoms with Gasteiger partial charge in [-0.2, -0.15) is 5.26 Å². The highest BCUT2D eigenvalue weighted by Gasteiger charge is 2.12. The second kappa shape index (κ2) is 5.27. The van der Waals surface area contributed by atoms with Crippen LogP contribution in [0.15, 0.2) is 12.1 Å². The zero-order valence-corrected chi connectivity index (χ0v) is 7.96. The van der Waals surface area contributed by atoms with E-state index in [1.54, 1.807) is 6.07 Å². The van der Waals surface area contributed by atoms with Crippen molar-refractivity contribution in [2.24, 2.45) is 5.73 Å². The Labute approximate surface area is 86.1 Å². The third kappa shape index (κ3) is 2.89. The van der Waals surface area contributed by atoms with Crippen LogP contribution in [0.4, 0.5) is 8.78 Å². The molecule has 0 saturated heterocycles. The Bertz CT molecular complexity index is 364. The van der Waals surface area contributed by atoms with Gasteiger partial charge in [0.15, 0.2) is 17.4 Å². The normalized spacial score (nSPS) is 9.73. The molecule has 0 aliphatic heterocycles. The lowest BCUT2D eigenvalue weighted by Gasteiger charge is -2.07. The summed E-state index contributed by atoms with van der Waals surface area (Å²) in [5, 5.41) is 8.45. The molecular weight excluding hydrogens is 202 g/mol. The fraction of sp³-hybridized carbons (Fsp3) is 0.300. The summed E-state index contributed by atoms with van der Waals surface area (Å²) in [5.41, 5.74) is 5.13. The molecule has 15 heavy (non-hydrogen) atoms. The van der Waals surface area contributed by atoms with E-state index in [1.807, 2.05) is 0 Å². The maximum atomic E-state index is 13.2. The number of halogens is 2. The van der Waals surface area contributed by atoms with Crippen LogP contribution in [0.25, 0.3) is 0 Å². The summed E-state index contributed by atoms with van der Waals surface area (Å²) in [6.07, 6.45) is 0.513. The number of nitriles is 1. The van der Waals surface area contributed by atoms with Crippen LogP contribution in [0.1, 0.15) is 12.0 Å². The molecule has 0 bridgehead atoms. The SMILES string of the molecule is N#Cc1cc(F)c(OCCCN)c(F)c1. The average Bonchev–Trinajstić information content (AvgIpc) is 2.22. The van der Waals surface area contributed by atoms with Crippen LogP contribution < -0.4 is 10.5 Å². The monoisotopic (exact) mass is 212 g/mol. The third-order valence-electron chi connectivity index (χ3n) is 1.72. The predicted octanol–water partition coefficient (Wildman–Crippen LogP) is 1.56. The van der Waals surface area contributed by atoms with Crippen LogP contribution in [-0.4, -0.2) is 13.2 Å². The molecular formula is C10H10F2N2O. The largest absolute Gasteiger partial charge is 0.488 e. The van der Waals surface area contributed by atoms with Gasteiger partial charge in [0, 0.05) is 0 Å². The lowest BCUT2D eigenvalue weighted by atomic mass is 10.2. The number of hydrogen-bond donors (Lipinski definition) is 1. The topological polar surface area (TPSA) is 59.0 Å². The quantitative estimate of drug-likeness (QED) is 0.770. The average molecular weight is 212 g/mol. The van der Waals surface area contributed by atoms with Gasteiger partial charge >= 0.3 is 0 Å². The van der Waals surface area contributed by atoms with E-state index in [9.17, 15) is 8.78 Å². The molecule has 3 nitrogen and oxygen atoms in total. The number of nitrogens with two attached hydrogens (primary N) is 1. The van der Waals surface area contributed by atoms with Crippen LogP contribution in [0.3, 0.4) is 0 Å². The van der Waals surface area contributed by atoms with Crippen molar-refractivity contribution in [2.75, 3.05) is 13.2 Å². The summed E-state index contributed by atoms with van der Waals surface area (Å²) in [5.74, 6) is -2.20. The summed E-state index contributed by atoms with van der Waals surface area (Å²) in [6, 6.07) is 3.51. The molecule has 1 aromatic carbocycles. The lowest BCUT2D eigenvalue weighted by molar-refractivity contribution is 0.281. The Hall–Kier alpha value is -1.67. The van der Waals surface area contributed by atoms with E-state index < -0.39 is 17.4 Å². The smallest absolute Gasteiger partial charge is 0.190 e. The molecule has 0 aromatic heterocycles. The van der Waals surface area contributed by atoms with E-state index in [0.29, 0.717) is 13.0 Å². The van der Waals surface area contributed by atoms with E-state index in [4.69, 9.17) is 15.7 Å². The molecule has 0 saturated carbocycles. The molecule has 0 aliphatic rings. The summed E-state index contributed by atoms with van der Waals surface area (Å²) < 4.78 is 31.2. The van der Waals surface area contributed by atoms with E-state index in [2.05, 4.69) is 0 Å². The highest BCUT2D eigenvalue weighted by atomic mass is 19.1. The minimum atomic E-state index is -0.872. The van der Waals surface area contributed by atoms with Gasteiger partial charge in [-0.15, -0.1) is 0 Å². The van der Waals surface area contributed by atoms with E-state index in [-0.39, 0.29) is 12.2 Å². The summed E-state index contributed by atoms with van der Waals surface area (Å²) in [6.45, 7) is 0.537. The van der Waals surface area contributed by atoms with Crippen molar-refractivity contribution in [1.29, 1.82) is 5.26 Å². The van der Waals surface area contributed by atoms with Crippen molar-refractivity contribution in [3.05, 3.63) is 29.3 Å². The van der Waals surface area contributed by atoms with Crippen molar-refractivity contribution >= 4 is 0 Å². The fourth-order valence-corrected chi connectivity index (χ4v) is 1.02. The summed E-state index contributed by atoms with van der Waals surface area (Å²) in [4.78, 5) is 0. The van der Waals surface area contributed by atoms with Gasteiger partial charge in [-0.3, -0.25) is 0 Å². The first kappa shape index (κ1) is 11.4. The molecule has 2 N–H and O–H groups in total. The number of rotatable bonds is 4. The van der Waals surface area contributed by atoms with Crippen LogP contribution in [0.2, 0.25) is 0 Å². The second-order valence-corrected chi connectivity index (χ2v) is 2.87. The standard InChI is InChI=1S/C10H10F2N2O/c11-8-4-7(6-14)5-9(12)10(8)15-3-1-2-13/h4-5H,1-3,13H2. The van der Waals surface area contributed by atoms with Gasteiger partial charge in [-0.1, -0.05) is 0 Å². The Morgan fingerprint density at radius 2 is 1.93 bits per heavy atom. The van der Waals surface area contributed by atoms with Gasteiger partial charge < -0.3 is 10.5 Å². The highest BCUT2D eigenvalue weighted by Crippen LogP contribution is 2.22. The summed E-state index contributed by atoms with van der Waals surface area (Å²) in [7, 11) is 0. The maximum Gasteiger partial charge on any atom is 0.190 e. The first-order valence-electron chi connectivity index (χ1n) is 4.41. The van der Waals surface area contributed by atoms with Gasteiger partial charge in [0.25, 0.3) is 0 Å². The molecule has 5 heteroatoms. The first-order chi connectivity index (χ1) is 7.19. The Morgan fingerprint density at radius 3 is 2.40 bits per heavy atom. The molecule has 1 rings (SSSR count). The molecule has 0 heterocycles. The highest BCUT2D eigenvalue weighted by molar-refractivity contribution is 5.37. The first-order valence-corrected chi connectivity index (χ1v) is 4.41. The zero-order chi connectivity index (χ0) is 11.3. The van der Waals surface area contributed by atoms with Gasteiger partial charge in [-0.25, -0.2) is 8.78 Å².